The zero-order valence-electron chi connectivity index (χ0n) is 10.2. The fourth-order valence-electron chi connectivity index (χ4n) is 2.54. The molecular weight excluding hydrogens is 214 g/mol. The molecule has 3 heteroatoms. The number of Topliss-reactive ketones (excluding diaryl/α,β-unsaturated/α-hetero) is 1. The summed E-state index contributed by atoms with van der Waals surface area (Å²) < 4.78 is 0. The van der Waals surface area contributed by atoms with Crippen LogP contribution < -0.4 is 0 Å². The lowest BCUT2D eigenvalue weighted by molar-refractivity contribution is -0.129. The third kappa shape index (κ3) is 2.65. The summed E-state index contributed by atoms with van der Waals surface area (Å²) in [5.41, 5.74) is 0.421. The molecule has 92 valence electrons. The topological polar surface area (TPSA) is 37.4 Å². The van der Waals surface area contributed by atoms with Gasteiger partial charge in [-0.25, -0.2) is 0 Å². The highest BCUT2D eigenvalue weighted by atomic mass is 16.2. The molecular formula is C14H19NO2. The van der Waals surface area contributed by atoms with E-state index in [2.05, 4.69) is 6.58 Å². The van der Waals surface area contributed by atoms with Crippen molar-refractivity contribution in [1.29, 1.82) is 0 Å². The van der Waals surface area contributed by atoms with Crippen LogP contribution in [0, 0.1) is 5.92 Å². The van der Waals surface area contributed by atoms with Crippen LogP contribution in [-0.2, 0) is 9.59 Å². The Kier molecular flexibility index (Phi) is 3.77. The quantitative estimate of drug-likeness (QED) is 0.553. The Morgan fingerprint density at radius 1 is 1.47 bits per heavy atom. The summed E-state index contributed by atoms with van der Waals surface area (Å²) >= 11 is 0. The largest absolute Gasteiger partial charge is 0.339 e. The van der Waals surface area contributed by atoms with E-state index in [4.69, 9.17) is 0 Å². The van der Waals surface area contributed by atoms with Gasteiger partial charge >= 0.3 is 0 Å². The first-order chi connectivity index (χ1) is 8.22. The van der Waals surface area contributed by atoms with E-state index in [-0.39, 0.29) is 11.7 Å². The van der Waals surface area contributed by atoms with Crippen LogP contribution in [0.15, 0.2) is 24.3 Å². The first-order valence-electron chi connectivity index (χ1n) is 6.37. The molecule has 1 unspecified atom stereocenters. The van der Waals surface area contributed by atoms with Crippen molar-refractivity contribution in [3.8, 4) is 0 Å². The standard InChI is InChI=1S/C14H19NO2/c1-2-5-11-6-7-13(16)12(10-11)14(17)15-8-3-4-9-15/h2,10-11H,1,3-9H2. The molecule has 2 rings (SSSR count). The van der Waals surface area contributed by atoms with Gasteiger partial charge in [-0.2, -0.15) is 0 Å². The lowest BCUT2D eigenvalue weighted by atomic mass is 9.87. The normalized spacial score (nSPS) is 24.7. The average molecular weight is 233 g/mol. The third-order valence-electron chi connectivity index (χ3n) is 3.54. The highest BCUT2D eigenvalue weighted by Crippen LogP contribution is 2.25. The fraction of sp³-hybridized carbons (Fsp3) is 0.571. The molecule has 0 aromatic carbocycles. The Morgan fingerprint density at radius 2 is 2.18 bits per heavy atom. The Morgan fingerprint density at radius 3 is 2.82 bits per heavy atom. The highest BCUT2D eigenvalue weighted by Gasteiger charge is 2.29. The number of rotatable bonds is 3. The second kappa shape index (κ2) is 5.30. The zero-order chi connectivity index (χ0) is 12.3. The predicted octanol–water partition coefficient (Wildman–Crippen LogP) is 2.09. The van der Waals surface area contributed by atoms with Gasteiger partial charge in [-0.05, 0) is 31.6 Å². The number of allylic oxidation sites excluding steroid dienone is 2. The van der Waals surface area contributed by atoms with Gasteiger partial charge in [0.1, 0.15) is 0 Å². The lowest BCUT2D eigenvalue weighted by Gasteiger charge is -2.22. The Balaban J connectivity index is 2.12. The summed E-state index contributed by atoms with van der Waals surface area (Å²) in [4.78, 5) is 25.8. The number of nitrogens with zero attached hydrogens (tertiary/aromatic N) is 1. The molecule has 1 aliphatic heterocycles. The van der Waals surface area contributed by atoms with Crippen molar-refractivity contribution in [1.82, 2.24) is 4.90 Å². The first kappa shape index (κ1) is 12.1. The molecule has 3 nitrogen and oxygen atoms in total. The summed E-state index contributed by atoms with van der Waals surface area (Å²) in [6.07, 6.45) is 8.05. The fourth-order valence-corrected chi connectivity index (χ4v) is 2.54. The minimum absolute atomic E-state index is 0.0159. The molecule has 0 spiro atoms. The van der Waals surface area contributed by atoms with Crippen LogP contribution >= 0.6 is 0 Å². The van der Waals surface area contributed by atoms with E-state index in [9.17, 15) is 9.59 Å². The molecule has 17 heavy (non-hydrogen) atoms. The molecule has 0 aromatic heterocycles. The van der Waals surface area contributed by atoms with Gasteiger partial charge in [0.05, 0.1) is 5.57 Å². The van der Waals surface area contributed by atoms with Crippen LogP contribution in [0.3, 0.4) is 0 Å². The van der Waals surface area contributed by atoms with Gasteiger partial charge in [-0.3, -0.25) is 9.59 Å². The molecule has 0 saturated carbocycles. The number of ketones is 1. The summed E-state index contributed by atoms with van der Waals surface area (Å²) in [5, 5.41) is 0. The zero-order valence-corrected chi connectivity index (χ0v) is 10.2. The Bertz CT molecular complexity index is 364. The lowest BCUT2D eigenvalue weighted by Crippen LogP contribution is -2.33. The number of carbonyl (C=O) groups is 2. The van der Waals surface area contributed by atoms with Crippen LogP contribution in [0.4, 0.5) is 0 Å². The molecule has 0 radical (unpaired) electrons. The smallest absolute Gasteiger partial charge is 0.257 e. The van der Waals surface area contributed by atoms with Gasteiger partial charge in [0.15, 0.2) is 5.78 Å². The molecule has 1 amide bonds. The van der Waals surface area contributed by atoms with Gasteiger partial charge in [0.2, 0.25) is 0 Å². The maximum Gasteiger partial charge on any atom is 0.257 e. The number of carbonyl (C=O) groups excluding carboxylic acids is 2. The second-order valence-corrected chi connectivity index (χ2v) is 4.83. The van der Waals surface area contributed by atoms with E-state index in [1.807, 2.05) is 12.2 Å². The van der Waals surface area contributed by atoms with Gasteiger partial charge in [-0.15, -0.1) is 6.58 Å². The maximum atomic E-state index is 12.2. The van der Waals surface area contributed by atoms with Crippen molar-refractivity contribution in [2.45, 2.75) is 32.1 Å². The van der Waals surface area contributed by atoms with Gasteiger partial charge in [0, 0.05) is 19.5 Å². The maximum absolute atomic E-state index is 12.2. The van der Waals surface area contributed by atoms with Crippen LogP contribution in [0.1, 0.15) is 32.1 Å². The molecule has 0 bridgehead atoms. The Hall–Kier alpha value is -1.38. The summed E-state index contributed by atoms with van der Waals surface area (Å²) in [5.74, 6) is 0.273. The molecule has 1 fully saturated rings. The monoisotopic (exact) mass is 233 g/mol. The summed E-state index contributed by atoms with van der Waals surface area (Å²) in [6.45, 7) is 5.31. The van der Waals surface area contributed by atoms with Gasteiger partial charge in [0.25, 0.3) is 5.91 Å². The number of likely N-dealkylation sites (tertiary alicyclic amines) is 1. The number of hydrogen-bond donors (Lipinski definition) is 0. The molecule has 1 saturated heterocycles. The Labute approximate surface area is 102 Å². The van der Waals surface area contributed by atoms with Gasteiger partial charge < -0.3 is 4.90 Å². The molecule has 0 N–H and O–H groups in total. The van der Waals surface area contributed by atoms with Crippen molar-refractivity contribution < 1.29 is 9.59 Å². The van der Waals surface area contributed by atoms with Crippen LogP contribution in [-0.4, -0.2) is 29.7 Å². The average Bonchev–Trinajstić information content (AvgIpc) is 2.85. The predicted molar refractivity (Wildman–Crippen MR) is 66.4 cm³/mol. The van der Waals surface area contributed by atoms with Crippen molar-refractivity contribution in [3.63, 3.8) is 0 Å². The van der Waals surface area contributed by atoms with E-state index in [0.717, 1.165) is 38.8 Å². The number of amides is 1. The van der Waals surface area contributed by atoms with E-state index in [1.54, 1.807) is 4.90 Å². The highest BCUT2D eigenvalue weighted by molar-refractivity contribution is 6.19. The van der Waals surface area contributed by atoms with E-state index >= 15 is 0 Å². The summed E-state index contributed by atoms with van der Waals surface area (Å²) in [7, 11) is 0. The molecule has 0 aromatic rings. The van der Waals surface area contributed by atoms with Crippen molar-refractivity contribution >= 4 is 11.7 Å². The van der Waals surface area contributed by atoms with Gasteiger partial charge in [-0.1, -0.05) is 12.2 Å². The molecule has 2 aliphatic rings. The minimum Gasteiger partial charge on any atom is -0.339 e. The SMILES string of the molecule is C=CCC1C=C(C(=O)N2CCCC2)C(=O)CC1. The van der Waals surface area contributed by atoms with Crippen molar-refractivity contribution in [2.75, 3.05) is 13.1 Å². The molecule has 1 atom stereocenters. The van der Waals surface area contributed by atoms with E-state index < -0.39 is 0 Å². The third-order valence-corrected chi connectivity index (χ3v) is 3.54. The first-order valence-corrected chi connectivity index (χ1v) is 6.37. The minimum atomic E-state index is -0.0544. The van der Waals surface area contributed by atoms with Crippen molar-refractivity contribution in [2.24, 2.45) is 5.92 Å². The number of hydrogen-bond acceptors (Lipinski definition) is 2. The van der Waals surface area contributed by atoms with Crippen LogP contribution in [0.25, 0.3) is 0 Å². The van der Waals surface area contributed by atoms with Crippen LogP contribution in [0.5, 0.6) is 0 Å². The van der Waals surface area contributed by atoms with Crippen molar-refractivity contribution in [3.05, 3.63) is 24.3 Å². The van der Waals surface area contributed by atoms with Crippen LogP contribution in [0.2, 0.25) is 0 Å². The van der Waals surface area contributed by atoms with E-state index in [0.29, 0.717) is 17.9 Å². The second-order valence-electron chi connectivity index (χ2n) is 4.83. The van der Waals surface area contributed by atoms with E-state index in [1.165, 1.54) is 0 Å². The molecule has 1 aliphatic carbocycles. The molecule has 1 heterocycles. The summed E-state index contributed by atoms with van der Waals surface area (Å²) in [6, 6.07) is 0.